The summed E-state index contributed by atoms with van der Waals surface area (Å²) in [6, 6.07) is 0.487. The summed E-state index contributed by atoms with van der Waals surface area (Å²) in [7, 11) is 0. The number of rotatable bonds is 3. The normalized spacial score (nSPS) is 12.5. The van der Waals surface area contributed by atoms with Crippen LogP contribution < -0.4 is 5.56 Å². The quantitative estimate of drug-likeness (QED) is 0.721. The van der Waals surface area contributed by atoms with Crippen LogP contribution in [0.1, 0.15) is 13.0 Å². The lowest BCUT2D eigenvalue weighted by Gasteiger charge is -2.09. The summed E-state index contributed by atoms with van der Waals surface area (Å²) < 4.78 is 2.37. The van der Waals surface area contributed by atoms with Crippen molar-refractivity contribution in [1.29, 1.82) is 0 Å². The molecule has 10 heteroatoms. The van der Waals surface area contributed by atoms with Crippen molar-refractivity contribution in [2.75, 3.05) is 0 Å². The summed E-state index contributed by atoms with van der Waals surface area (Å²) in [6.45, 7) is 1.40. The van der Waals surface area contributed by atoms with Crippen LogP contribution in [-0.4, -0.2) is 35.2 Å². The molecule has 0 spiro atoms. The van der Waals surface area contributed by atoms with Crippen LogP contribution >= 0.6 is 23.2 Å². The third-order valence-electron chi connectivity index (χ3n) is 3.32. The lowest BCUT2D eigenvalue weighted by atomic mass is 10.2. The summed E-state index contributed by atoms with van der Waals surface area (Å²) in [6.07, 6.45) is 4.08. The first-order valence-corrected chi connectivity index (χ1v) is 7.15. The molecule has 0 amide bonds. The monoisotopic (exact) mass is 353 g/mol. The van der Waals surface area contributed by atoms with E-state index in [0.29, 0.717) is 11.3 Å². The molecule has 0 aliphatic carbocycles. The number of aromatic nitrogens is 5. The second-order valence-electron chi connectivity index (χ2n) is 4.75. The van der Waals surface area contributed by atoms with E-state index in [9.17, 15) is 9.59 Å². The summed E-state index contributed by atoms with van der Waals surface area (Å²) in [4.78, 5) is 31.3. The molecule has 3 aromatic heterocycles. The van der Waals surface area contributed by atoms with Crippen molar-refractivity contribution < 1.29 is 9.90 Å². The van der Waals surface area contributed by atoms with Gasteiger partial charge in [-0.2, -0.15) is 5.10 Å². The summed E-state index contributed by atoms with van der Waals surface area (Å²) in [5.74, 6) is -1.13. The first kappa shape index (κ1) is 15.4. The van der Waals surface area contributed by atoms with E-state index in [-0.39, 0.29) is 15.8 Å². The molecule has 3 rings (SSSR count). The van der Waals surface area contributed by atoms with E-state index in [0.717, 1.165) is 4.57 Å². The molecule has 0 aliphatic rings. The summed E-state index contributed by atoms with van der Waals surface area (Å²) in [5.41, 5.74) is 0.581. The van der Waals surface area contributed by atoms with E-state index in [1.807, 2.05) is 0 Å². The predicted octanol–water partition coefficient (Wildman–Crippen LogP) is 1.91. The summed E-state index contributed by atoms with van der Waals surface area (Å²) in [5, 5.41) is 13.4. The predicted molar refractivity (Wildman–Crippen MR) is 82.8 cm³/mol. The van der Waals surface area contributed by atoms with Crippen LogP contribution in [-0.2, 0) is 4.79 Å². The molecule has 0 aromatic carbocycles. The van der Waals surface area contributed by atoms with Crippen molar-refractivity contribution in [3.05, 3.63) is 45.4 Å². The lowest BCUT2D eigenvalue weighted by Crippen LogP contribution is -2.29. The SMILES string of the molecule is C[C@H](C(=O)O)n1cnn2cc(-c3nc(Cl)ncc3Cl)cc2c1=O. The number of nitrogens with zero attached hydrogens (tertiary/aromatic N) is 5. The highest BCUT2D eigenvalue weighted by atomic mass is 35.5. The first-order chi connectivity index (χ1) is 10.9. The maximum atomic E-state index is 12.4. The average molecular weight is 354 g/mol. The topological polar surface area (TPSA) is 102 Å². The van der Waals surface area contributed by atoms with Gasteiger partial charge >= 0.3 is 5.97 Å². The van der Waals surface area contributed by atoms with Crippen LogP contribution in [0.2, 0.25) is 10.3 Å². The molecule has 0 saturated carbocycles. The Balaban J connectivity index is 2.20. The van der Waals surface area contributed by atoms with Crippen LogP contribution in [0.4, 0.5) is 0 Å². The minimum Gasteiger partial charge on any atom is -0.480 e. The zero-order valence-corrected chi connectivity index (χ0v) is 13.2. The fraction of sp³-hybridized carbons (Fsp3) is 0.154. The summed E-state index contributed by atoms with van der Waals surface area (Å²) >= 11 is 11.8. The number of aliphatic carboxylic acids is 1. The highest BCUT2D eigenvalue weighted by Gasteiger charge is 2.18. The van der Waals surface area contributed by atoms with E-state index in [2.05, 4.69) is 15.1 Å². The van der Waals surface area contributed by atoms with Gasteiger partial charge in [-0.05, 0) is 24.6 Å². The Hall–Kier alpha value is -2.45. The van der Waals surface area contributed by atoms with Gasteiger partial charge in [-0.1, -0.05) is 11.6 Å². The Morgan fingerprint density at radius 3 is 2.83 bits per heavy atom. The molecule has 8 nitrogen and oxygen atoms in total. The maximum Gasteiger partial charge on any atom is 0.326 e. The molecule has 0 unspecified atom stereocenters. The van der Waals surface area contributed by atoms with Crippen molar-refractivity contribution in [2.45, 2.75) is 13.0 Å². The van der Waals surface area contributed by atoms with Gasteiger partial charge in [0.25, 0.3) is 5.56 Å². The second-order valence-corrected chi connectivity index (χ2v) is 5.50. The zero-order valence-electron chi connectivity index (χ0n) is 11.6. The minimum absolute atomic E-state index is 0.0181. The van der Waals surface area contributed by atoms with E-state index < -0.39 is 17.6 Å². The van der Waals surface area contributed by atoms with Gasteiger partial charge in [0.15, 0.2) is 0 Å². The van der Waals surface area contributed by atoms with Crippen LogP contribution in [0.5, 0.6) is 0 Å². The number of fused-ring (bicyclic) bond motifs is 1. The molecule has 1 atom stereocenters. The zero-order chi connectivity index (χ0) is 16.7. The largest absolute Gasteiger partial charge is 0.480 e. The number of carboxylic acid groups (broad SMARTS) is 1. The number of carbonyl (C=O) groups is 1. The molecule has 118 valence electrons. The second kappa shape index (κ2) is 5.64. The molecular weight excluding hydrogens is 345 g/mol. The number of hydrogen-bond acceptors (Lipinski definition) is 5. The Kier molecular flexibility index (Phi) is 3.78. The third-order valence-corrected chi connectivity index (χ3v) is 3.78. The molecule has 3 aromatic rings. The minimum atomic E-state index is -1.13. The van der Waals surface area contributed by atoms with Crippen molar-refractivity contribution in [3.8, 4) is 11.3 Å². The first-order valence-electron chi connectivity index (χ1n) is 6.39. The van der Waals surface area contributed by atoms with Gasteiger partial charge in [-0.25, -0.2) is 19.3 Å². The molecule has 1 N–H and O–H groups in total. The van der Waals surface area contributed by atoms with Gasteiger partial charge in [-0.15, -0.1) is 0 Å². The molecule has 0 bridgehead atoms. The molecule has 0 radical (unpaired) electrons. The van der Waals surface area contributed by atoms with Crippen molar-refractivity contribution in [1.82, 2.24) is 24.1 Å². The highest BCUT2D eigenvalue weighted by molar-refractivity contribution is 6.33. The fourth-order valence-electron chi connectivity index (χ4n) is 2.08. The van der Waals surface area contributed by atoms with Crippen LogP contribution in [0.15, 0.2) is 29.6 Å². The number of carboxylic acids is 1. The lowest BCUT2D eigenvalue weighted by molar-refractivity contribution is -0.140. The van der Waals surface area contributed by atoms with Crippen LogP contribution in [0.3, 0.4) is 0 Å². The standard InChI is InChI=1S/C13H9Cl2N5O3/c1-6(12(22)23)19-5-17-20-4-7(2-9(20)11(19)21)10-8(14)3-16-13(15)18-10/h2-6H,1H3,(H,22,23)/t6-/m1/s1. The van der Waals surface area contributed by atoms with E-state index in [1.54, 1.807) is 6.20 Å². The molecule has 0 saturated heterocycles. The van der Waals surface area contributed by atoms with Gasteiger partial charge in [0.1, 0.15) is 17.9 Å². The fourth-order valence-corrected chi connectivity index (χ4v) is 2.41. The number of hydrogen-bond donors (Lipinski definition) is 1. The van der Waals surface area contributed by atoms with Crippen LogP contribution in [0.25, 0.3) is 16.8 Å². The van der Waals surface area contributed by atoms with Crippen molar-refractivity contribution in [3.63, 3.8) is 0 Å². The smallest absolute Gasteiger partial charge is 0.326 e. The van der Waals surface area contributed by atoms with Crippen molar-refractivity contribution >= 4 is 34.7 Å². The maximum absolute atomic E-state index is 12.4. The van der Waals surface area contributed by atoms with Gasteiger partial charge in [0, 0.05) is 11.8 Å². The Morgan fingerprint density at radius 2 is 2.13 bits per heavy atom. The highest BCUT2D eigenvalue weighted by Crippen LogP contribution is 2.27. The number of halogens is 2. The Bertz CT molecular complexity index is 981. The van der Waals surface area contributed by atoms with Crippen LogP contribution in [0, 0.1) is 0 Å². The molecule has 0 fully saturated rings. The third kappa shape index (κ3) is 2.66. The van der Waals surface area contributed by atoms with E-state index >= 15 is 0 Å². The van der Waals surface area contributed by atoms with E-state index in [4.69, 9.17) is 28.3 Å². The average Bonchev–Trinajstić information content (AvgIpc) is 2.94. The molecule has 3 heterocycles. The molecule has 0 aliphatic heterocycles. The van der Waals surface area contributed by atoms with Gasteiger partial charge in [0.2, 0.25) is 5.28 Å². The van der Waals surface area contributed by atoms with Gasteiger partial charge < -0.3 is 5.11 Å². The Morgan fingerprint density at radius 1 is 1.39 bits per heavy atom. The molecule has 23 heavy (non-hydrogen) atoms. The van der Waals surface area contributed by atoms with Gasteiger partial charge in [0.05, 0.1) is 16.9 Å². The van der Waals surface area contributed by atoms with Gasteiger partial charge in [-0.3, -0.25) is 9.36 Å². The van der Waals surface area contributed by atoms with Crippen molar-refractivity contribution in [2.24, 2.45) is 0 Å². The van der Waals surface area contributed by atoms with E-state index in [1.165, 1.54) is 30.0 Å². The molecular formula is C13H9Cl2N5O3. The Labute approximate surface area is 138 Å².